The molecule has 0 unspecified atom stereocenters. The SMILES string of the molecule is CCOC(=O)/C=C1\OC(=O)C=C1C. The lowest BCUT2D eigenvalue weighted by Gasteiger charge is -1.99. The molecule has 1 rings (SSSR count). The Bertz CT molecular complexity index is 299. The van der Waals surface area contributed by atoms with Crippen molar-refractivity contribution in [2.45, 2.75) is 13.8 Å². The number of carbonyl (C=O) groups is 2. The van der Waals surface area contributed by atoms with Gasteiger partial charge in [-0.1, -0.05) is 0 Å². The number of carbonyl (C=O) groups excluding carboxylic acids is 2. The third kappa shape index (κ3) is 2.43. The second kappa shape index (κ2) is 3.89. The van der Waals surface area contributed by atoms with Crippen molar-refractivity contribution in [1.29, 1.82) is 0 Å². The fourth-order valence-electron chi connectivity index (χ4n) is 0.900. The van der Waals surface area contributed by atoms with Crippen LogP contribution in [0.3, 0.4) is 0 Å². The summed E-state index contributed by atoms with van der Waals surface area (Å²) in [4.78, 5) is 21.6. The largest absolute Gasteiger partial charge is 0.463 e. The zero-order valence-electron chi connectivity index (χ0n) is 7.49. The van der Waals surface area contributed by atoms with E-state index in [4.69, 9.17) is 4.74 Å². The molecule has 0 radical (unpaired) electrons. The van der Waals surface area contributed by atoms with Crippen molar-refractivity contribution in [2.24, 2.45) is 0 Å². The molecule has 4 nitrogen and oxygen atoms in total. The van der Waals surface area contributed by atoms with Crippen LogP contribution in [-0.4, -0.2) is 18.5 Å². The minimum atomic E-state index is -0.500. The van der Waals surface area contributed by atoms with Crippen molar-refractivity contribution in [1.82, 2.24) is 0 Å². The standard InChI is InChI=1S/C9H10O4/c1-3-12-8(10)5-7-6(2)4-9(11)13-7/h4-5H,3H2,1-2H3/b7-5-. The van der Waals surface area contributed by atoms with Crippen LogP contribution in [0.15, 0.2) is 23.5 Å². The minimum absolute atomic E-state index is 0.267. The average molecular weight is 182 g/mol. The molecule has 1 aliphatic heterocycles. The first-order valence-corrected chi connectivity index (χ1v) is 3.92. The molecule has 4 heteroatoms. The van der Waals surface area contributed by atoms with E-state index < -0.39 is 11.9 Å². The summed E-state index contributed by atoms with van der Waals surface area (Å²) in [5, 5.41) is 0. The molecule has 0 aromatic heterocycles. The molecule has 0 atom stereocenters. The van der Waals surface area contributed by atoms with E-state index in [-0.39, 0.29) is 5.76 Å². The Morgan fingerprint density at radius 3 is 2.85 bits per heavy atom. The normalized spacial score (nSPS) is 18.5. The van der Waals surface area contributed by atoms with Gasteiger partial charge in [0.15, 0.2) is 0 Å². The van der Waals surface area contributed by atoms with Crippen LogP contribution in [0.4, 0.5) is 0 Å². The minimum Gasteiger partial charge on any atom is -0.463 e. The van der Waals surface area contributed by atoms with Gasteiger partial charge in [-0.3, -0.25) is 0 Å². The van der Waals surface area contributed by atoms with Crippen LogP contribution in [0.1, 0.15) is 13.8 Å². The molecule has 0 aromatic rings. The van der Waals surface area contributed by atoms with Gasteiger partial charge in [-0.2, -0.15) is 0 Å². The summed E-state index contributed by atoms with van der Waals surface area (Å²) in [6.07, 6.45) is 2.49. The Labute approximate surface area is 75.8 Å². The number of esters is 2. The molecule has 0 bridgehead atoms. The third-order valence-corrected chi connectivity index (χ3v) is 1.47. The van der Waals surface area contributed by atoms with Crippen molar-refractivity contribution in [3.8, 4) is 0 Å². The molecule has 13 heavy (non-hydrogen) atoms. The number of hydrogen-bond acceptors (Lipinski definition) is 4. The van der Waals surface area contributed by atoms with Crippen LogP contribution in [-0.2, 0) is 19.1 Å². The van der Waals surface area contributed by atoms with E-state index in [1.807, 2.05) is 0 Å². The van der Waals surface area contributed by atoms with Crippen molar-refractivity contribution in [3.63, 3.8) is 0 Å². The second-order valence-corrected chi connectivity index (χ2v) is 2.51. The molecule has 0 spiro atoms. The zero-order valence-corrected chi connectivity index (χ0v) is 7.49. The summed E-state index contributed by atoms with van der Waals surface area (Å²) in [6.45, 7) is 3.70. The van der Waals surface area contributed by atoms with Crippen molar-refractivity contribution in [2.75, 3.05) is 6.61 Å². The quantitative estimate of drug-likeness (QED) is 0.471. The van der Waals surface area contributed by atoms with E-state index in [0.29, 0.717) is 12.2 Å². The summed E-state index contributed by atoms with van der Waals surface area (Å²) in [6, 6.07) is 0. The summed E-state index contributed by atoms with van der Waals surface area (Å²) >= 11 is 0. The number of ether oxygens (including phenoxy) is 2. The summed E-state index contributed by atoms with van der Waals surface area (Å²) in [7, 11) is 0. The molecule has 0 fully saturated rings. The number of cyclic esters (lactones) is 1. The first-order chi connectivity index (χ1) is 6.13. The Balaban J connectivity index is 2.68. The third-order valence-electron chi connectivity index (χ3n) is 1.47. The van der Waals surface area contributed by atoms with Gasteiger partial charge in [0.1, 0.15) is 5.76 Å². The molecule has 70 valence electrons. The molecular weight excluding hydrogens is 172 g/mol. The van der Waals surface area contributed by atoms with E-state index >= 15 is 0 Å². The van der Waals surface area contributed by atoms with Gasteiger partial charge in [-0.25, -0.2) is 9.59 Å². The molecule has 0 saturated carbocycles. The average Bonchev–Trinajstić information content (AvgIpc) is 2.30. The first-order valence-electron chi connectivity index (χ1n) is 3.92. The highest BCUT2D eigenvalue weighted by Crippen LogP contribution is 2.18. The summed E-state index contributed by atoms with van der Waals surface area (Å²) in [5.74, 6) is -0.684. The van der Waals surface area contributed by atoms with E-state index in [0.717, 1.165) is 0 Å². The lowest BCUT2D eigenvalue weighted by Crippen LogP contribution is -2.02. The maximum absolute atomic E-state index is 10.9. The zero-order chi connectivity index (χ0) is 9.84. The molecule has 1 heterocycles. The van der Waals surface area contributed by atoms with Crippen LogP contribution >= 0.6 is 0 Å². The molecule has 0 aliphatic carbocycles. The molecular formula is C9H10O4. The highest BCUT2D eigenvalue weighted by atomic mass is 16.5. The Morgan fingerprint density at radius 1 is 1.69 bits per heavy atom. The van der Waals surface area contributed by atoms with Gasteiger partial charge in [0, 0.05) is 6.08 Å². The van der Waals surface area contributed by atoms with E-state index in [2.05, 4.69) is 4.74 Å². The highest BCUT2D eigenvalue weighted by molar-refractivity contribution is 5.91. The molecule has 0 N–H and O–H groups in total. The van der Waals surface area contributed by atoms with Crippen LogP contribution in [0.25, 0.3) is 0 Å². The number of allylic oxidation sites excluding steroid dienone is 1. The van der Waals surface area contributed by atoms with Crippen molar-refractivity contribution < 1.29 is 19.1 Å². The molecule has 0 amide bonds. The van der Waals surface area contributed by atoms with Gasteiger partial charge in [-0.05, 0) is 19.4 Å². The van der Waals surface area contributed by atoms with E-state index in [1.165, 1.54) is 12.2 Å². The number of rotatable bonds is 2. The molecule has 0 saturated heterocycles. The van der Waals surface area contributed by atoms with E-state index in [1.54, 1.807) is 13.8 Å². The summed E-state index contributed by atoms with van der Waals surface area (Å²) in [5.41, 5.74) is 0.637. The Morgan fingerprint density at radius 2 is 2.38 bits per heavy atom. The lowest BCUT2D eigenvalue weighted by atomic mass is 10.2. The topological polar surface area (TPSA) is 52.6 Å². The molecule has 0 aromatic carbocycles. The number of hydrogen-bond donors (Lipinski definition) is 0. The lowest BCUT2D eigenvalue weighted by molar-refractivity contribution is -0.137. The predicted octanol–water partition coefficient (Wildman–Crippen LogP) is 0.936. The maximum atomic E-state index is 10.9. The first kappa shape index (κ1) is 9.51. The van der Waals surface area contributed by atoms with Gasteiger partial charge in [-0.15, -0.1) is 0 Å². The van der Waals surface area contributed by atoms with Crippen molar-refractivity contribution in [3.05, 3.63) is 23.5 Å². The van der Waals surface area contributed by atoms with Crippen LogP contribution in [0.2, 0.25) is 0 Å². The smallest absolute Gasteiger partial charge is 0.336 e. The van der Waals surface area contributed by atoms with Crippen LogP contribution in [0, 0.1) is 0 Å². The van der Waals surface area contributed by atoms with E-state index in [9.17, 15) is 9.59 Å². The fraction of sp³-hybridized carbons (Fsp3) is 0.333. The van der Waals surface area contributed by atoms with Gasteiger partial charge >= 0.3 is 11.9 Å². The Hall–Kier alpha value is -1.58. The summed E-state index contributed by atoms with van der Waals surface area (Å²) < 4.78 is 9.37. The highest BCUT2D eigenvalue weighted by Gasteiger charge is 2.17. The van der Waals surface area contributed by atoms with Gasteiger partial charge in [0.25, 0.3) is 0 Å². The maximum Gasteiger partial charge on any atom is 0.336 e. The Kier molecular flexibility index (Phi) is 2.84. The second-order valence-electron chi connectivity index (χ2n) is 2.51. The van der Waals surface area contributed by atoms with Gasteiger partial charge in [0.05, 0.1) is 12.7 Å². The molecule has 1 aliphatic rings. The van der Waals surface area contributed by atoms with Crippen molar-refractivity contribution >= 4 is 11.9 Å². The van der Waals surface area contributed by atoms with Gasteiger partial charge in [0.2, 0.25) is 0 Å². The monoisotopic (exact) mass is 182 g/mol. The fourth-order valence-corrected chi connectivity index (χ4v) is 0.900. The van der Waals surface area contributed by atoms with Gasteiger partial charge < -0.3 is 9.47 Å². The van der Waals surface area contributed by atoms with Crippen LogP contribution < -0.4 is 0 Å². The van der Waals surface area contributed by atoms with Crippen LogP contribution in [0.5, 0.6) is 0 Å². The predicted molar refractivity (Wildman–Crippen MR) is 44.6 cm³/mol.